The first-order chi connectivity index (χ1) is 9.06. The average Bonchev–Trinajstić information content (AvgIpc) is 2.80. The van der Waals surface area contributed by atoms with Gasteiger partial charge in [0, 0.05) is 19.5 Å². The van der Waals surface area contributed by atoms with Crippen LogP contribution in [0.15, 0.2) is 24.3 Å². The van der Waals surface area contributed by atoms with Crippen molar-refractivity contribution in [2.75, 3.05) is 0 Å². The number of rotatable bonds is 3. The van der Waals surface area contributed by atoms with Crippen LogP contribution >= 0.6 is 0 Å². The number of imide groups is 1. The first kappa shape index (κ1) is 13.1. The third-order valence-electron chi connectivity index (χ3n) is 2.94. The standard InChI is InChI=1S/C13H14N2O4/c16-11(5-6-12(17)18)14-13(19)15-7-9-3-1-2-4-10(9)8-15/h1-4H,5-8H2,(H,17,18)(H,14,16,19). The molecule has 6 heteroatoms. The van der Waals surface area contributed by atoms with Crippen LogP contribution in [0.1, 0.15) is 24.0 Å². The fourth-order valence-corrected chi connectivity index (χ4v) is 1.96. The van der Waals surface area contributed by atoms with Gasteiger partial charge in [0.05, 0.1) is 6.42 Å². The summed E-state index contributed by atoms with van der Waals surface area (Å²) >= 11 is 0. The Morgan fingerprint density at radius 2 is 1.68 bits per heavy atom. The molecule has 0 fully saturated rings. The average molecular weight is 262 g/mol. The molecule has 1 heterocycles. The van der Waals surface area contributed by atoms with Crippen molar-refractivity contribution < 1.29 is 19.5 Å². The van der Waals surface area contributed by atoms with Crippen molar-refractivity contribution >= 4 is 17.9 Å². The Morgan fingerprint density at radius 3 is 2.21 bits per heavy atom. The first-order valence-corrected chi connectivity index (χ1v) is 5.93. The van der Waals surface area contributed by atoms with Crippen LogP contribution in [0.4, 0.5) is 4.79 Å². The minimum atomic E-state index is -1.06. The van der Waals surface area contributed by atoms with Gasteiger partial charge >= 0.3 is 12.0 Å². The van der Waals surface area contributed by atoms with Gasteiger partial charge in [-0.25, -0.2) is 4.79 Å². The maximum absolute atomic E-state index is 11.8. The third kappa shape index (κ3) is 3.31. The number of urea groups is 1. The number of carbonyl (C=O) groups excluding carboxylic acids is 2. The van der Waals surface area contributed by atoms with Gasteiger partial charge in [-0.2, -0.15) is 0 Å². The van der Waals surface area contributed by atoms with Gasteiger partial charge in [0.25, 0.3) is 0 Å². The lowest BCUT2D eigenvalue weighted by Gasteiger charge is -2.15. The van der Waals surface area contributed by atoms with E-state index in [-0.39, 0.29) is 12.8 Å². The molecule has 0 unspecified atom stereocenters. The van der Waals surface area contributed by atoms with Gasteiger partial charge in [-0.05, 0) is 11.1 Å². The fourth-order valence-electron chi connectivity index (χ4n) is 1.96. The van der Waals surface area contributed by atoms with E-state index in [1.165, 1.54) is 4.90 Å². The van der Waals surface area contributed by atoms with Crippen LogP contribution in [-0.2, 0) is 22.7 Å². The number of amides is 3. The molecule has 1 aliphatic heterocycles. The maximum atomic E-state index is 11.8. The number of carbonyl (C=O) groups is 3. The van der Waals surface area contributed by atoms with Gasteiger partial charge in [0.1, 0.15) is 0 Å². The Labute approximate surface area is 110 Å². The molecule has 0 saturated heterocycles. The molecule has 3 amide bonds. The number of hydrogen-bond acceptors (Lipinski definition) is 3. The summed E-state index contributed by atoms with van der Waals surface area (Å²) in [5.74, 6) is -1.63. The Hall–Kier alpha value is -2.37. The normalized spacial score (nSPS) is 12.9. The lowest BCUT2D eigenvalue weighted by atomic mass is 10.1. The molecule has 0 aromatic heterocycles. The van der Waals surface area contributed by atoms with Crippen molar-refractivity contribution in [1.29, 1.82) is 0 Å². The minimum absolute atomic E-state index is 0.193. The zero-order chi connectivity index (χ0) is 13.8. The maximum Gasteiger partial charge on any atom is 0.324 e. The number of aliphatic carboxylic acids is 1. The van der Waals surface area contributed by atoms with Gasteiger partial charge in [-0.15, -0.1) is 0 Å². The fraction of sp³-hybridized carbons (Fsp3) is 0.308. The molecule has 0 atom stereocenters. The summed E-state index contributed by atoms with van der Waals surface area (Å²) in [5, 5.41) is 10.6. The van der Waals surface area contributed by atoms with Crippen LogP contribution in [0.5, 0.6) is 0 Å². The van der Waals surface area contributed by atoms with E-state index >= 15 is 0 Å². The molecule has 0 saturated carbocycles. The minimum Gasteiger partial charge on any atom is -0.481 e. The molecule has 0 bridgehead atoms. The molecule has 0 radical (unpaired) electrons. The van der Waals surface area contributed by atoms with Crippen LogP contribution in [0.25, 0.3) is 0 Å². The number of nitrogens with zero attached hydrogens (tertiary/aromatic N) is 1. The molecule has 19 heavy (non-hydrogen) atoms. The van der Waals surface area contributed by atoms with E-state index in [0.717, 1.165) is 11.1 Å². The number of nitrogens with one attached hydrogen (secondary N) is 1. The highest BCUT2D eigenvalue weighted by Gasteiger charge is 2.23. The predicted octanol–water partition coefficient (Wildman–Crippen LogP) is 1.10. The van der Waals surface area contributed by atoms with E-state index in [0.29, 0.717) is 13.1 Å². The Balaban J connectivity index is 1.86. The molecule has 1 aromatic rings. The van der Waals surface area contributed by atoms with Crippen LogP contribution in [0, 0.1) is 0 Å². The SMILES string of the molecule is O=C(O)CCC(=O)NC(=O)N1Cc2ccccc2C1. The Bertz CT molecular complexity index is 502. The Kier molecular flexibility index (Phi) is 3.79. The summed E-state index contributed by atoms with van der Waals surface area (Å²) in [4.78, 5) is 35.0. The number of carboxylic acids is 1. The largest absolute Gasteiger partial charge is 0.481 e. The van der Waals surface area contributed by atoms with Crippen LogP contribution in [0.3, 0.4) is 0 Å². The third-order valence-corrected chi connectivity index (χ3v) is 2.94. The van der Waals surface area contributed by atoms with Gasteiger partial charge in [0.15, 0.2) is 0 Å². The summed E-state index contributed by atoms with van der Waals surface area (Å²) in [7, 11) is 0. The van der Waals surface area contributed by atoms with Crippen molar-refractivity contribution in [2.45, 2.75) is 25.9 Å². The monoisotopic (exact) mass is 262 g/mol. The molecule has 100 valence electrons. The van der Waals surface area contributed by atoms with E-state index in [2.05, 4.69) is 5.32 Å². The second kappa shape index (κ2) is 5.51. The topological polar surface area (TPSA) is 86.7 Å². The van der Waals surface area contributed by atoms with Crippen LogP contribution in [0.2, 0.25) is 0 Å². The van der Waals surface area contributed by atoms with Gasteiger partial charge in [-0.1, -0.05) is 24.3 Å². The highest BCUT2D eigenvalue weighted by Crippen LogP contribution is 2.21. The molecule has 1 aromatic carbocycles. The molecular formula is C13H14N2O4. The highest BCUT2D eigenvalue weighted by molar-refractivity contribution is 5.95. The van der Waals surface area contributed by atoms with E-state index in [9.17, 15) is 14.4 Å². The second-order valence-electron chi connectivity index (χ2n) is 4.37. The van der Waals surface area contributed by atoms with Crippen molar-refractivity contribution in [1.82, 2.24) is 10.2 Å². The summed E-state index contributed by atoms with van der Waals surface area (Å²) in [6.45, 7) is 0.933. The lowest BCUT2D eigenvalue weighted by Crippen LogP contribution is -2.40. The molecule has 1 aliphatic rings. The van der Waals surface area contributed by atoms with E-state index < -0.39 is 17.9 Å². The smallest absolute Gasteiger partial charge is 0.324 e. The Morgan fingerprint density at radius 1 is 1.11 bits per heavy atom. The van der Waals surface area contributed by atoms with Crippen LogP contribution < -0.4 is 5.32 Å². The van der Waals surface area contributed by atoms with Crippen molar-refractivity contribution in [3.05, 3.63) is 35.4 Å². The number of fused-ring (bicyclic) bond motifs is 1. The molecule has 2 N–H and O–H groups in total. The van der Waals surface area contributed by atoms with Gasteiger partial charge in [0.2, 0.25) is 5.91 Å². The summed E-state index contributed by atoms with van der Waals surface area (Å²) in [6, 6.07) is 7.20. The van der Waals surface area contributed by atoms with Crippen LogP contribution in [-0.4, -0.2) is 27.9 Å². The molecule has 0 spiro atoms. The summed E-state index contributed by atoms with van der Waals surface area (Å²) in [6.07, 6.45) is -0.471. The van der Waals surface area contributed by atoms with Crippen molar-refractivity contribution in [2.24, 2.45) is 0 Å². The van der Waals surface area contributed by atoms with Gasteiger partial charge < -0.3 is 10.0 Å². The molecule has 6 nitrogen and oxygen atoms in total. The second-order valence-corrected chi connectivity index (χ2v) is 4.37. The highest BCUT2D eigenvalue weighted by atomic mass is 16.4. The van der Waals surface area contributed by atoms with E-state index in [4.69, 9.17) is 5.11 Å². The zero-order valence-corrected chi connectivity index (χ0v) is 10.3. The zero-order valence-electron chi connectivity index (χ0n) is 10.3. The first-order valence-electron chi connectivity index (χ1n) is 5.93. The number of benzene rings is 1. The van der Waals surface area contributed by atoms with Gasteiger partial charge in [-0.3, -0.25) is 14.9 Å². The van der Waals surface area contributed by atoms with E-state index in [1.807, 2.05) is 24.3 Å². The van der Waals surface area contributed by atoms with Crippen molar-refractivity contribution in [3.8, 4) is 0 Å². The van der Waals surface area contributed by atoms with Crippen molar-refractivity contribution in [3.63, 3.8) is 0 Å². The molecular weight excluding hydrogens is 248 g/mol. The molecule has 2 rings (SSSR count). The lowest BCUT2D eigenvalue weighted by molar-refractivity contribution is -0.138. The predicted molar refractivity (Wildman–Crippen MR) is 66.1 cm³/mol. The number of carboxylic acid groups (broad SMARTS) is 1. The van der Waals surface area contributed by atoms with E-state index in [1.54, 1.807) is 0 Å². The number of hydrogen-bond donors (Lipinski definition) is 2. The molecule has 0 aliphatic carbocycles. The summed E-state index contributed by atoms with van der Waals surface area (Å²) < 4.78 is 0. The summed E-state index contributed by atoms with van der Waals surface area (Å²) in [5.41, 5.74) is 2.13. The quantitative estimate of drug-likeness (QED) is 0.854.